The third kappa shape index (κ3) is 2.38. The molecule has 3 aliphatic rings. The number of nitrogens with zero attached hydrogens (tertiary/aromatic N) is 1. The zero-order valence-electron chi connectivity index (χ0n) is 16.6. The van der Waals surface area contributed by atoms with Gasteiger partial charge < -0.3 is 5.32 Å². The molecule has 2 saturated heterocycles. The lowest BCUT2D eigenvalue weighted by molar-refractivity contribution is -0.145. The second-order valence-corrected chi connectivity index (χ2v) is 8.64. The van der Waals surface area contributed by atoms with Gasteiger partial charge in [-0.2, -0.15) is 0 Å². The van der Waals surface area contributed by atoms with Crippen LogP contribution < -0.4 is 10.6 Å². The van der Waals surface area contributed by atoms with Crippen molar-refractivity contribution >= 4 is 23.4 Å². The zero-order valence-corrected chi connectivity index (χ0v) is 16.6. The predicted octanol–water partition coefficient (Wildman–Crippen LogP) is 2.39. The molecule has 28 heavy (non-hydrogen) atoms. The molecule has 3 aliphatic heterocycles. The van der Waals surface area contributed by atoms with E-state index in [1.807, 2.05) is 27.7 Å². The molecule has 0 saturated carbocycles. The monoisotopic (exact) mass is 387 g/mol. The first-order chi connectivity index (χ1) is 13.2. The van der Waals surface area contributed by atoms with E-state index in [9.17, 15) is 18.8 Å². The molecule has 3 amide bonds. The van der Waals surface area contributed by atoms with Crippen LogP contribution in [-0.4, -0.2) is 34.7 Å². The van der Waals surface area contributed by atoms with Crippen LogP contribution in [0, 0.1) is 23.6 Å². The Morgan fingerprint density at radius 2 is 1.89 bits per heavy atom. The van der Waals surface area contributed by atoms with Gasteiger partial charge in [0.05, 0.1) is 11.8 Å². The van der Waals surface area contributed by atoms with Gasteiger partial charge in [-0.1, -0.05) is 20.8 Å². The standard InChI is InChI=1S/C21H26FN3O3/c1-5-11(4)25-18(26)16-15(8-10(2)3)24-21(17(16)19(25)27)13-9-12(22)6-7-14(13)23-20(21)28/h6-7,9-11,15-17,24H,5,8H2,1-4H3,(H,23,28)/t11-,15+,16+,17-,21+/m0/s1. The highest BCUT2D eigenvalue weighted by molar-refractivity contribution is 6.15. The second-order valence-electron chi connectivity index (χ2n) is 8.64. The molecule has 0 unspecified atom stereocenters. The van der Waals surface area contributed by atoms with Crippen molar-refractivity contribution in [1.82, 2.24) is 10.2 Å². The Morgan fingerprint density at radius 3 is 2.54 bits per heavy atom. The molecular weight excluding hydrogens is 361 g/mol. The SMILES string of the molecule is CC[C@H](C)N1C(=O)[C@H]2[C@@H](C1=O)[C@@]1(N[C@@H]2CC(C)C)C(=O)Nc2ccc(F)cc21. The van der Waals surface area contributed by atoms with Crippen LogP contribution in [0.3, 0.4) is 0 Å². The highest BCUT2D eigenvalue weighted by Crippen LogP contribution is 2.54. The largest absolute Gasteiger partial charge is 0.324 e. The van der Waals surface area contributed by atoms with Crippen LogP contribution in [0.1, 0.15) is 46.1 Å². The Hall–Kier alpha value is -2.28. The Balaban J connectivity index is 1.89. The smallest absolute Gasteiger partial charge is 0.250 e. The van der Waals surface area contributed by atoms with Crippen LogP contribution in [0.4, 0.5) is 10.1 Å². The number of amides is 3. The summed E-state index contributed by atoms with van der Waals surface area (Å²) in [5.41, 5.74) is -0.493. The molecule has 2 N–H and O–H groups in total. The lowest BCUT2D eigenvalue weighted by atomic mass is 9.76. The number of benzene rings is 1. The number of carbonyl (C=O) groups is 3. The van der Waals surface area contributed by atoms with Crippen molar-refractivity contribution in [3.8, 4) is 0 Å². The maximum absolute atomic E-state index is 14.1. The van der Waals surface area contributed by atoms with E-state index in [-0.39, 0.29) is 35.7 Å². The lowest BCUT2D eigenvalue weighted by Crippen LogP contribution is -2.54. The minimum absolute atomic E-state index is 0.225. The van der Waals surface area contributed by atoms with Crippen molar-refractivity contribution in [3.63, 3.8) is 0 Å². The molecule has 3 heterocycles. The molecule has 4 rings (SSSR count). The fraction of sp³-hybridized carbons (Fsp3) is 0.571. The number of carbonyl (C=O) groups excluding carboxylic acids is 3. The van der Waals surface area contributed by atoms with Gasteiger partial charge in [-0.25, -0.2) is 4.39 Å². The van der Waals surface area contributed by atoms with Crippen LogP contribution in [0.25, 0.3) is 0 Å². The molecular formula is C21H26FN3O3. The maximum Gasteiger partial charge on any atom is 0.250 e. The molecule has 0 aromatic heterocycles. The van der Waals surface area contributed by atoms with Crippen LogP contribution in [0.15, 0.2) is 18.2 Å². The van der Waals surface area contributed by atoms with Crippen molar-refractivity contribution in [2.45, 2.75) is 58.2 Å². The van der Waals surface area contributed by atoms with E-state index in [1.165, 1.54) is 23.1 Å². The van der Waals surface area contributed by atoms with Crippen molar-refractivity contribution in [2.75, 3.05) is 5.32 Å². The minimum atomic E-state index is -1.41. The van der Waals surface area contributed by atoms with Crippen molar-refractivity contribution in [2.24, 2.45) is 17.8 Å². The van der Waals surface area contributed by atoms with Gasteiger partial charge in [0.25, 0.3) is 0 Å². The number of nitrogens with one attached hydrogen (secondary N) is 2. The van der Waals surface area contributed by atoms with E-state index in [0.29, 0.717) is 24.1 Å². The van der Waals surface area contributed by atoms with E-state index >= 15 is 0 Å². The number of hydrogen-bond acceptors (Lipinski definition) is 4. The molecule has 0 radical (unpaired) electrons. The first kappa shape index (κ1) is 19.1. The molecule has 7 heteroatoms. The number of halogens is 1. The summed E-state index contributed by atoms with van der Waals surface area (Å²) in [6.45, 7) is 7.85. The number of fused-ring (bicyclic) bond motifs is 4. The number of imide groups is 1. The van der Waals surface area contributed by atoms with Gasteiger partial charge in [0.15, 0.2) is 0 Å². The normalized spacial score (nSPS) is 32.3. The van der Waals surface area contributed by atoms with Gasteiger partial charge in [0.2, 0.25) is 17.7 Å². The Morgan fingerprint density at radius 1 is 1.18 bits per heavy atom. The number of hydrogen-bond donors (Lipinski definition) is 2. The molecule has 150 valence electrons. The summed E-state index contributed by atoms with van der Waals surface area (Å²) in [5, 5.41) is 6.11. The summed E-state index contributed by atoms with van der Waals surface area (Å²) in [4.78, 5) is 41.2. The fourth-order valence-corrected chi connectivity index (χ4v) is 5.12. The van der Waals surface area contributed by atoms with Gasteiger partial charge in [-0.3, -0.25) is 24.6 Å². The Bertz CT molecular complexity index is 870. The Labute approximate surface area is 163 Å². The number of rotatable bonds is 4. The minimum Gasteiger partial charge on any atom is -0.324 e. The fourth-order valence-electron chi connectivity index (χ4n) is 5.12. The number of anilines is 1. The molecule has 0 bridgehead atoms. The predicted molar refractivity (Wildman–Crippen MR) is 102 cm³/mol. The van der Waals surface area contributed by atoms with Gasteiger partial charge in [-0.15, -0.1) is 0 Å². The van der Waals surface area contributed by atoms with Gasteiger partial charge in [0.1, 0.15) is 11.4 Å². The first-order valence-electron chi connectivity index (χ1n) is 9.98. The first-order valence-corrected chi connectivity index (χ1v) is 9.98. The van der Waals surface area contributed by atoms with Crippen molar-refractivity contribution in [1.29, 1.82) is 0 Å². The highest BCUT2D eigenvalue weighted by Gasteiger charge is 2.70. The van der Waals surface area contributed by atoms with E-state index < -0.39 is 23.2 Å². The summed E-state index contributed by atoms with van der Waals surface area (Å²) in [5.74, 6) is -2.64. The van der Waals surface area contributed by atoms with Gasteiger partial charge in [-0.05, 0) is 43.9 Å². The van der Waals surface area contributed by atoms with E-state index in [4.69, 9.17) is 0 Å². The van der Waals surface area contributed by atoms with Crippen LogP contribution in [-0.2, 0) is 19.9 Å². The maximum atomic E-state index is 14.1. The van der Waals surface area contributed by atoms with Crippen LogP contribution in [0.5, 0.6) is 0 Å². The molecule has 6 nitrogen and oxygen atoms in total. The second kappa shape index (κ2) is 6.37. The Kier molecular flexibility index (Phi) is 4.34. The topological polar surface area (TPSA) is 78.5 Å². The summed E-state index contributed by atoms with van der Waals surface area (Å²) >= 11 is 0. The van der Waals surface area contributed by atoms with Gasteiger partial charge >= 0.3 is 0 Å². The van der Waals surface area contributed by atoms with Crippen LogP contribution >= 0.6 is 0 Å². The van der Waals surface area contributed by atoms with Crippen LogP contribution in [0.2, 0.25) is 0 Å². The average molecular weight is 387 g/mol. The van der Waals surface area contributed by atoms with E-state index in [2.05, 4.69) is 10.6 Å². The summed E-state index contributed by atoms with van der Waals surface area (Å²) in [7, 11) is 0. The summed E-state index contributed by atoms with van der Waals surface area (Å²) in [6.07, 6.45) is 1.29. The summed E-state index contributed by atoms with van der Waals surface area (Å²) < 4.78 is 14.1. The quantitative estimate of drug-likeness (QED) is 0.778. The highest BCUT2D eigenvalue weighted by atomic mass is 19.1. The van der Waals surface area contributed by atoms with E-state index in [0.717, 1.165) is 0 Å². The summed E-state index contributed by atoms with van der Waals surface area (Å²) in [6, 6.07) is 3.54. The lowest BCUT2D eigenvalue weighted by Gasteiger charge is -2.31. The van der Waals surface area contributed by atoms with Gasteiger partial charge in [0, 0.05) is 23.3 Å². The molecule has 2 fully saturated rings. The molecule has 0 aliphatic carbocycles. The third-order valence-electron chi connectivity index (χ3n) is 6.47. The third-order valence-corrected chi connectivity index (χ3v) is 6.47. The average Bonchev–Trinajstić information content (AvgIpc) is 3.20. The van der Waals surface area contributed by atoms with Crippen molar-refractivity contribution in [3.05, 3.63) is 29.6 Å². The molecule has 1 aromatic rings. The van der Waals surface area contributed by atoms with Crippen molar-refractivity contribution < 1.29 is 18.8 Å². The van der Waals surface area contributed by atoms with E-state index in [1.54, 1.807) is 0 Å². The molecule has 1 aromatic carbocycles. The zero-order chi connectivity index (χ0) is 20.4. The molecule has 5 atom stereocenters. The molecule has 1 spiro atoms. The number of likely N-dealkylation sites (tertiary alicyclic amines) is 1.